The number of rotatable bonds is 4. The minimum absolute atomic E-state index is 0.0532. The standard InChI is InChI=1S/C10H11N3O6/c1-12-7(11-5-8(12)13(16)17)4-6(9(14)18-2)10(15)19-3/h4-5H,1-3H3. The van der Waals surface area contributed by atoms with Crippen LogP contribution in [0.1, 0.15) is 5.82 Å². The summed E-state index contributed by atoms with van der Waals surface area (Å²) in [5.74, 6) is -2.06. The van der Waals surface area contributed by atoms with Crippen molar-refractivity contribution in [1.82, 2.24) is 9.55 Å². The summed E-state index contributed by atoms with van der Waals surface area (Å²) < 4.78 is 9.96. The number of nitrogens with zero attached hydrogens (tertiary/aromatic N) is 3. The van der Waals surface area contributed by atoms with Crippen molar-refractivity contribution in [2.45, 2.75) is 0 Å². The van der Waals surface area contributed by atoms with Crippen LogP contribution in [0.5, 0.6) is 0 Å². The monoisotopic (exact) mass is 269 g/mol. The van der Waals surface area contributed by atoms with E-state index in [1.165, 1.54) is 7.05 Å². The highest BCUT2D eigenvalue weighted by atomic mass is 16.6. The van der Waals surface area contributed by atoms with Crippen LogP contribution in [0, 0.1) is 10.1 Å². The smallest absolute Gasteiger partial charge is 0.345 e. The summed E-state index contributed by atoms with van der Waals surface area (Å²) in [5, 5.41) is 10.6. The van der Waals surface area contributed by atoms with Gasteiger partial charge >= 0.3 is 17.8 Å². The molecule has 9 nitrogen and oxygen atoms in total. The summed E-state index contributed by atoms with van der Waals surface area (Å²) in [6.07, 6.45) is 2.07. The lowest BCUT2D eigenvalue weighted by molar-refractivity contribution is -0.391. The minimum Gasteiger partial charge on any atom is -0.465 e. The van der Waals surface area contributed by atoms with E-state index in [4.69, 9.17) is 0 Å². The fourth-order valence-electron chi connectivity index (χ4n) is 1.27. The highest BCUT2D eigenvalue weighted by Crippen LogP contribution is 2.15. The molecule has 0 aromatic carbocycles. The molecule has 9 heteroatoms. The molecule has 102 valence electrons. The third-order valence-electron chi connectivity index (χ3n) is 2.27. The molecular formula is C10H11N3O6. The van der Waals surface area contributed by atoms with Gasteiger partial charge in [-0.05, 0) is 4.92 Å². The maximum absolute atomic E-state index is 11.4. The van der Waals surface area contributed by atoms with E-state index < -0.39 is 22.4 Å². The zero-order valence-corrected chi connectivity index (χ0v) is 10.4. The first-order valence-electron chi connectivity index (χ1n) is 4.96. The number of imidazole rings is 1. The van der Waals surface area contributed by atoms with Gasteiger partial charge in [-0.15, -0.1) is 0 Å². The van der Waals surface area contributed by atoms with Crippen LogP contribution in [0.2, 0.25) is 0 Å². The third kappa shape index (κ3) is 2.94. The van der Waals surface area contributed by atoms with Crippen LogP contribution in [0.3, 0.4) is 0 Å². The number of hydrogen-bond acceptors (Lipinski definition) is 7. The van der Waals surface area contributed by atoms with Crippen LogP contribution in [-0.2, 0) is 26.1 Å². The van der Waals surface area contributed by atoms with Crippen molar-refractivity contribution in [2.24, 2.45) is 7.05 Å². The first-order chi connectivity index (χ1) is 8.92. The van der Waals surface area contributed by atoms with Crippen LogP contribution in [0.15, 0.2) is 11.8 Å². The molecule has 0 aliphatic rings. The molecule has 0 atom stereocenters. The Balaban J connectivity index is 3.26. The van der Waals surface area contributed by atoms with Gasteiger partial charge in [-0.2, -0.15) is 0 Å². The Morgan fingerprint density at radius 2 is 1.89 bits per heavy atom. The number of aromatic nitrogens is 2. The average Bonchev–Trinajstić information content (AvgIpc) is 2.75. The summed E-state index contributed by atoms with van der Waals surface area (Å²) in [6.45, 7) is 0. The van der Waals surface area contributed by atoms with Gasteiger partial charge in [0, 0.05) is 6.08 Å². The van der Waals surface area contributed by atoms with Crippen LogP contribution < -0.4 is 0 Å². The number of carbonyl (C=O) groups excluding carboxylic acids is 2. The highest BCUT2D eigenvalue weighted by molar-refractivity contribution is 6.17. The molecule has 0 bridgehead atoms. The minimum atomic E-state index is -0.919. The van der Waals surface area contributed by atoms with Gasteiger partial charge in [0.05, 0.1) is 21.3 Å². The van der Waals surface area contributed by atoms with Crippen molar-refractivity contribution in [3.05, 3.63) is 27.7 Å². The van der Waals surface area contributed by atoms with Gasteiger partial charge in [-0.1, -0.05) is 0 Å². The molecule has 0 spiro atoms. The molecule has 0 N–H and O–H groups in total. The van der Waals surface area contributed by atoms with E-state index in [1.807, 2.05) is 0 Å². The lowest BCUT2D eigenvalue weighted by Gasteiger charge is -2.02. The molecule has 1 heterocycles. The highest BCUT2D eigenvalue weighted by Gasteiger charge is 2.23. The van der Waals surface area contributed by atoms with Crippen LogP contribution >= 0.6 is 0 Å². The Morgan fingerprint density at radius 1 is 1.37 bits per heavy atom. The fourth-order valence-corrected chi connectivity index (χ4v) is 1.27. The van der Waals surface area contributed by atoms with Crippen LogP contribution in [0.4, 0.5) is 5.82 Å². The maximum Gasteiger partial charge on any atom is 0.345 e. The average molecular weight is 269 g/mol. The second-order valence-electron chi connectivity index (χ2n) is 3.33. The van der Waals surface area contributed by atoms with Gasteiger partial charge in [0.15, 0.2) is 5.57 Å². The van der Waals surface area contributed by atoms with Crippen molar-refractivity contribution in [3.63, 3.8) is 0 Å². The number of carbonyl (C=O) groups is 2. The Morgan fingerprint density at radius 3 is 2.26 bits per heavy atom. The Kier molecular flexibility index (Phi) is 4.35. The lowest BCUT2D eigenvalue weighted by atomic mass is 10.2. The summed E-state index contributed by atoms with van der Waals surface area (Å²) in [5.41, 5.74) is -0.409. The lowest BCUT2D eigenvalue weighted by Crippen LogP contribution is -2.16. The van der Waals surface area contributed by atoms with Crippen molar-refractivity contribution in [3.8, 4) is 0 Å². The molecule has 1 rings (SSSR count). The number of ether oxygens (including phenoxy) is 2. The van der Waals surface area contributed by atoms with Crippen LogP contribution in [0.25, 0.3) is 6.08 Å². The number of methoxy groups -OCH3 is 2. The van der Waals surface area contributed by atoms with Gasteiger partial charge in [0.1, 0.15) is 6.20 Å². The molecule has 0 aliphatic heterocycles. The predicted octanol–water partition coefficient (Wildman–Crippen LogP) is 0.0577. The maximum atomic E-state index is 11.4. The van der Waals surface area contributed by atoms with E-state index >= 15 is 0 Å². The molecular weight excluding hydrogens is 258 g/mol. The number of nitro groups is 1. The quantitative estimate of drug-likeness (QED) is 0.189. The normalized spacial score (nSPS) is 9.63. The van der Waals surface area contributed by atoms with E-state index in [0.717, 1.165) is 31.1 Å². The molecule has 0 radical (unpaired) electrons. The molecule has 1 aromatic rings. The van der Waals surface area contributed by atoms with E-state index in [1.54, 1.807) is 0 Å². The largest absolute Gasteiger partial charge is 0.465 e. The van der Waals surface area contributed by atoms with Crippen molar-refractivity contribution in [1.29, 1.82) is 0 Å². The second kappa shape index (κ2) is 5.76. The first-order valence-corrected chi connectivity index (χ1v) is 4.96. The van der Waals surface area contributed by atoms with Gasteiger partial charge in [0.25, 0.3) is 0 Å². The SMILES string of the molecule is COC(=O)C(=Cc1ncc([N+](=O)[O-])n1C)C(=O)OC. The third-order valence-corrected chi connectivity index (χ3v) is 2.27. The van der Waals surface area contributed by atoms with E-state index in [-0.39, 0.29) is 11.6 Å². The Bertz CT molecular complexity index is 542. The zero-order chi connectivity index (χ0) is 14.6. The summed E-state index contributed by atoms with van der Waals surface area (Å²) in [4.78, 5) is 36.6. The molecule has 19 heavy (non-hydrogen) atoms. The van der Waals surface area contributed by atoms with Crippen molar-refractivity contribution < 1.29 is 24.0 Å². The van der Waals surface area contributed by atoms with Gasteiger partial charge in [-0.3, -0.25) is 0 Å². The molecule has 1 aromatic heterocycles. The topological polar surface area (TPSA) is 114 Å². The molecule has 0 saturated carbocycles. The van der Waals surface area contributed by atoms with Crippen molar-refractivity contribution in [2.75, 3.05) is 14.2 Å². The second-order valence-corrected chi connectivity index (χ2v) is 3.33. The van der Waals surface area contributed by atoms with E-state index in [2.05, 4.69) is 14.5 Å². The van der Waals surface area contributed by atoms with Crippen molar-refractivity contribution >= 4 is 23.8 Å². The van der Waals surface area contributed by atoms with Gasteiger partial charge in [-0.25, -0.2) is 19.1 Å². The molecule has 0 saturated heterocycles. The molecule has 0 amide bonds. The first kappa shape index (κ1) is 14.4. The number of esters is 2. The molecule has 0 fully saturated rings. The predicted molar refractivity (Wildman–Crippen MR) is 61.9 cm³/mol. The van der Waals surface area contributed by atoms with Gasteiger partial charge in [0.2, 0.25) is 5.82 Å². The fraction of sp³-hybridized carbons (Fsp3) is 0.300. The van der Waals surface area contributed by atoms with Gasteiger partial charge < -0.3 is 19.6 Å². The Hall–Kier alpha value is -2.71. The zero-order valence-electron chi connectivity index (χ0n) is 10.4. The Labute approximate surface area is 107 Å². The van der Waals surface area contributed by atoms with E-state index in [9.17, 15) is 19.7 Å². The number of hydrogen-bond donors (Lipinski definition) is 0. The summed E-state index contributed by atoms with van der Waals surface area (Å²) in [6, 6.07) is 0. The summed E-state index contributed by atoms with van der Waals surface area (Å²) >= 11 is 0. The molecule has 0 aliphatic carbocycles. The van der Waals surface area contributed by atoms with Crippen LogP contribution in [-0.4, -0.2) is 40.6 Å². The summed E-state index contributed by atoms with van der Waals surface area (Å²) in [7, 11) is 3.57. The van der Waals surface area contributed by atoms with E-state index in [0.29, 0.717) is 0 Å². The molecule has 0 unspecified atom stereocenters.